The van der Waals surface area contributed by atoms with E-state index in [9.17, 15) is 8.42 Å². The largest absolute Gasteiger partial charge is 0.304 e. The average Bonchev–Trinajstić information content (AvgIpc) is 2.94. The Kier molecular flexibility index (Phi) is 5.00. The summed E-state index contributed by atoms with van der Waals surface area (Å²) in [5.41, 5.74) is 2.01. The van der Waals surface area contributed by atoms with Crippen molar-refractivity contribution in [1.82, 2.24) is 19.8 Å². The van der Waals surface area contributed by atoms with Crippen LogP contribution in [0.1, 0.15) is 37.1 Å². The molecule has 0 aliphatic heterocycles. The Bertz CT molecular complexity index is 740. The minimum Gasteiger partial charge on any atom is -0.304 e. The summed E-state index contributed by atoms with van der Waals surface area (Å²) >= 11 is 0. The molecule has 2 rings (SSSR count). The quantitative estimate of drug-likeness (QED) is 0.849. The van der Waals surface area contributed by atoms with Crippen molar-refractivity contribution < 1.29 is 8.42 Å². The Balaban J connectivity index is 2.16. The van der Waals surface area contributed by atoms with Crippen molar-refractivity contribution in [1.29, 1.82) is 0 Å². The third-order valence-electron chi connectivity index (χ3n) is 3.66. The van der Waals surface area contributed by atoms with Crippen LogP contribution in [0.5, 0.6) is 0 Å². The van der Waals surface area contributed by atoms with Gasteiger partial charge in [-0.1, -0.05) is 12.1 Å². The van der Waals surface area contributed by atoms with Gasteiger partial charge in [0, 0.05) is 30.9 Å². The highest BCUT2D eigenvalue weighted by molar-refractivity contribution is 7.89. The molecular weight excluding hydrogens is 300 g/mol. The predicted octanol–water partition coefficient (Wildman–Crippen LogP) is 1.74. The zero-order chi connectivity index (χ0) is 16.3. The normalized spacial score (nSPS) is 14.7. The van der Waals surface area contributed by atoms with Crippen molar-refractivity contribution in [3.8, 4) is 0 Å². The van der Waals surface area contributed by atoms with Gasteiger partial charge >= 0.3 is 0 Å². The molecule has 1 heterocycles. The first kappa shape index (κ1) is 16.7. The minimum absolute atomic E-state index is 0.0159. The molecule has 0 aliphatic rings. The molecule has 0 amide bonds. The number of nitrogens with one attached hydrogen (secondary N) is 2. The second kappa shape index (κ2) is 6.60. The van der Waals surface area contributed by atoms with Gasteiger partial charge < -0.3 is 5.32 Å². The van der Waals surface area contributed by atoms with Crippen LogP contribution in [0.4, 0.5) is 0 Å². The average molecular weight is 322 g/mol. The first-order chi connectivity index (χ1) is 10.3. The predicted molar refractivity (Wildman–Crippen MR) is 85.9 cm³/mol. The van der Waals surface area contributed by atoms with Crippen LogP contribution in [0.2, 0.25) is 0 Å². The van der Waals surface area contributed by atoms with Crippen molar-refractivity contribution in [2.75, 3.05) is 7.05 Å². The van der Waals surface area contributed by atoms with Crippen LogP contribution < -0.4 is 10.0 Å². The number of nitrogens with zero attached hydrogens (tertiary/aromatic N) is 2. The Morgan fingerprint density at radius 3 is 2.45 bits per heavy atom. The van der Waals surface area contributed by atoms with Gasteiger partial charge in [0.15, 0.2) is 0 Å². The molecule has 0 unspecified atom stereocenters. The Morgan fingerprint density at radius 1 is 1.18 bits per heavy atom. The maximum absolute atomic E-state index is 11.9. The summed E-state index contributed by atoms with van der Waals surface area (Å²) in [6.07, 6.45) is 3.79. The van der Waals surface area contributed by atoms with Gasteiger partial charge in [-0.2, -0.15) is 5.10 Å². The second-order valence-electron chi connectivity index (χ2n) is 5.34. The molecule has 0 aliphatic carbocycles. The lowest BCUT2D eigenvalue weighted by Crippen LogP contribution is -2.23. The van der Waals surface area contributed by atoms with Crippen LogP contribution in [0.3, 0.4) is 0 Å². The fourth-order valence-electron chi connectivity index (χ4n) is 2.30. The van der Waals surface area contributed by atoms with Crippen LogP contribution in [0, 0.1) is 0 Å². The summed E-state index contributed by atoms with van der Waals surface area (Å²) in [4.78, 5) is 0.273. The molecule has 2 atom stereocenters. The Labute approximate surface area is 131 Å². The first-order valence-electron chi connectivity index (χ1n) is 7.11. The smallest absolute Gasteiger partial charge is 0.240 e. The monoisotopic (exact) mass is 322 g/mol. The van der Waals surface area contributed by atoms with Gasteiger partial charge in [-0.15, -0.1) is 0 Å². The fourth-order valence-corrected chi connectivity index (χ4v) is 3.08. The SMILES string of the molecule is CNS(=O)(=O)c1cccc([C@H](C)N[C@@H](C)c2cnn(C)c2)c1. The van der Waals surface area contributed by atoms with E-state index in [0.29, 0.717) is 0 Å². The molecule has 2 aromatic rings. The molecule has 0 radical (unpaired) electrons. The number of hydrogen-bond acceptors (Lipinski definition) is 4. The van der Waals surface area contributed by atoms with E-state index >= 15 is 0 Å². The molecule has 2 N–H and O–H groups in total. The molecular formula is C15H22N4O2S. The van der Waals surface area contributed by atoms with Gasteiger partial charge in [-0.25, -0.2) is 13.1 Å². The second-order valence-corrected chi connectivity index (χ2v) is 7.22. The van der Waals surface area contributed by atoms with Crippen LogP contribution >= 0.6 is 0 Å². The fraction of sp³-hybridized carbons (Fsp3) is 0.400. The lowest BCUT2D eigenvalue weighted by atomic mass is 10.1. The molecule has 6 nitrogen and oxygen atoms in total. The van der Waals surface area contributed by atoms with Crippen molar-refractivity contribution in [3.05, 3.63) is 47.8 Å². The summed E-state index contributed by atoms with van der Waals surface area (Å²) in [7, 11) is -0.131. The molecule has 0 fully saturated rings. The third kappa shape index (κ3) is 3.73. The van der Waals surface area contributed by atoms with E-state index in [4.69, 9.17) is 0 Å². The number of aryl methyl sites for hydroxylation is 1. The number of rotatable bonds is 6. The van der Waals surface area contributed by atoms with E-state index in [-0.39, 0.29) is 17.0 Å². The van der Waals surface area contributed by atoms with E-state index in [2.05, 4.69) is 22.1 Å². The van der Waals surface area contributed by atoms with E-state index in [1.54, 1.807) is 22.9 Å². The maximum atomic E-state index is 11.9. The van der Waals surface area contributed by atoms with E-state index in [1.165, 1.54) is 7.05 Å². The van der Waals surface area contributed by atoms with Crippen LogP contribution in [0.25, 0.3) is 0 Å². The summed E-state index contributed by atoms with van der Waals surface area (Å²) < 4.78 is 27.9. The molecule has 22 heavy (non-hydrogen) atoms. The van der Waals surface area contributed by atoms with Gasteiger partial charge in [-0.05, 0) is 38.6 Å². The van der Waals surface area contributed by atoms with Crippen LogP contribution in [0.15, 0.2) is 41.6 Å². The van der Waals surface area contributed by atoms with Gasteiger partial charge in [0.2, 0.25) is 10.0 Å². The molecule has 0 saturated carbocycles. The highest BCUT2D eigenvalue weighted by Crippen LogP contribution is 2.21. The lowest BCUT2D eigenvalue weighted by molar-refractivity contribution is 0.493. The highest BCUT2D eigenvalue weighted by Gasteiger charge is 2.16. The van der Waals surface area contributed by atoms with Crippen molar-refractivity contribution in [2.45, 2.75) is 30.8 Å². The number of benzene rings is 1. The molecule has 1 aromatic heterocycles. The highest BCUT2D eigenvalue weighted by atomic mass is 32.2. The van der Waals surface area contributed by atoms with E-state index < -0.39 is 10.0 Å². The van der Waals surface area contributed by atoms with Gasteiger partial charge in [0.25, 0.3) is 0 Å². The van der Waals surface area contributed by atoms with Crippen molar-refractivity contribution in [3.63, 3.8) is 0 Å². The van der Waals surface area contributed by atoms with Crippen molar-refractivity contribution in [2.24, 2.45) is 7.05 Å². The molecule has 120 valence electrons. The standard InChI is InChI=1S/C15H22N4O2S/c1-11(18-12(2)14-9-17-19(4)10-14)13-6-5-7-15(8-13)22(20,21)16-3/h5-12,16,18H,1-4H3/t11-,12-/m0/s1. The molecule has 0 spiro atoms. The van der Waals surface area contributed by atoms with Gasteiger partial charge in [-0.3, -0.25) is 4.68 Å². The number of hydrogen-bond donors (Lipinski definition) is 2. The first-order valence-corrected chi connectivity index (χ1v) is 8.60. The van der Waals surface area contributed by atoms with E-state index in [0.717, 1.165) is 11.1 Å². The summed E-state index contributed by atoms with van der Waals surface area (Å²) in [6, 6.07) is 7.09. The van der Waals surface area contributed by atoms with Crippen LogP contribution in [-0.2, 0) is 17.1 Å². The Morgan fingerprint density at radius 2 is 1.86 bits per heavy atom. The Hall–Kier alpha value is -1.70. The summed E-state index contributed by atoms with van der Waals surface area (Å²) in [5.74, 6) is 0. The van der Waals surface area contributed by atoms with Crippen LogP contribution in [-0.4, -0.2) is 25.2 Å². The molecule has 0 bridgehead atoms. The van der Waals surface area contributed by atoms with Gasteiger partial charge in [0.05, 0.1) is 11.1 Å². The zero-order valence-corrected chi connectivity index (χ0v) is 14.1. The van der Waals surface area contributed by atoms with Gasteiger partial charge in [0.1, 0.15) is 0 Å². The molecule has 7 heteroatoms. The molecule has 1 aromatic carbocycles. The molecule has 0 saturated heterocycles. The number of sulfonamides is 1. The number of aromatic nitrogens is 2. The minimum atomic E-state index is -3.42. The lowest BCUT2D eigenvalue weighted by Gasteiger charge is -2.20. The summed E-state index contributed by atoms with van der Waals surface area (Å²) in [5, 5.41) is 7.62. The third-order valence-corrected chi connectivity index (χ3v) is 5.07. The van der Waals surface area contributed by atoms with E-state index in [1.807, 2.05) is 32.4 Å². The summed E-state index contributed by atoms with van der Waals surface area (Å²) in [6.45, 7) is 4.07. The zero-order valence-electron chi connectivity index (χ0n) is 13.2. The van der Waals surface area contributed by atoms with Crippen molar-refractivity contribution >= 4 is 10.0 Å². The topological polar surface area (TPSA) is 76.0 Å². The maximum Gasteiger partial charge on any atom is 0.240 e.